The standard InChI is InChI=1S/C24H28N4O2/c29-23-15-28(20-11-5-4-10-18(20)26-23)24(30)16-27-21-12-6-7-13-25-19(21)14-22(27)17-8-2-1-3-9-17/h1-5,8-11,19,21-22,25H,6-7,12-16H2,(H,26,29)/t19-,21+,22+/m1/s1. The maximum atomic E-state index is 13.5. The van der Waals surface area contributed by atoms with Crippen LogP contribution in [-0.4, -0.2) is 48.4 Å². The van der Waals surface area contributed by atoms with Crippen LogP contribution in [0.2, 0.25) is 0 Å². The first-order chi connectivity index (χ1) is 14.7. The Labute approximate surface area is 177 Å². The van der Waals surface area contributed by atoms with Gasteiger partial charge in [-0.25, -0.2) is 0 Å². The maximum absolute atomic E-state index is 13.5. The molecule has 2 saturated heterocycles. The van der Waals surface area contributed by atoms with Crippen LogP contribution in [0.4, 0.5) is 11.4 Å². The summed E-state index contributed by atoms with van der Waals surface area (Å²) >= 11 is 0. The van der Waals surface area contributed by atoms with E-state index in [-0.39, 0.29) is 24.4 Å². The van der Waals surface area contributed by atoms with Crippen LogP contribution in [-0.2, 0) is 9.59 Å². The van der Waals surface area contributed by atoms with Gasteiger partial charge in [-0.3, -0.25) is 19.4 Å². The predicted octanol–water partition coefficient (Wildman–Crippen LogP) is 2.93. The number of rotatable bonds is 3. The number of para-hydroxylation sites is 2. The van der Waals surface area contributed by atoms with Crippen molar-refractivity contribution in [1.29, 1.82) is 0 Å². The first-order valence-corrected chi connectivity index (χ1v) is 10.9. The molecule has 3 heterocycles. The van der Waals surface area contributed by atoms with E-state index in [9.17, 15) is 9.59 Å². The van der Waals surface area contributed by atoms with Gasteiger partial charge in [-0.05, 0) is 43.5 Å². The van der Waals surface area contributed by atoms with E-state index in [0.717, 1.165) is 25.1 Å². The summed E-state index contributed by atoms with van der Waals surface area (Å²) < 4.78 is 0. The molecule has 6 nitrogen and oxygen atoms in total. The molecule has 3 atom stereocenters. The van der Waals surface area contributed by atoms with Crippen molar-refractivity contribution in [3.05, 3.63) is 60.2 Å². The molecule has 0 bridgehead atoms. The molecule has 0 aliphatic carbocycles. The monoisotopic (exact) mass is 404 g/mol. The van der Waals surface area contributed by atoms with Crippen molar-refractivity contribution in [2.45, 2.75) is 43.8 Å². The molecular formula is C24H28N4O2. The van der Waals surface area contributed by atoms with E-state index in [1.165, 1.54) is 18.4 Å². The van der Waals surface area contributed by atoms with E-state index in [0.29, 0.717) is 24.3 Å². The third kappa shape index (κ3) is 3.61. The van der Waals surface area contributed by atoms with Crippen LogP contribution in [0.1, 0.15) is 37.3 Å². The largest absolute Gasteiger partial charge is 0.323 e. The highest BCUT2D eigenvalue weighted by molar-refractivity contribution is 6.10. The predicted molar refractivity (Wildman–Crippen MR) is 117 cm³/mol. The number of anilines is 2. The molecule has 0 aromatic heterocycles. The third-order valence-corrected chi connectivity index (χ3v) is 6.68. The number of likely N-dealkylation sites (tertiary alicyclic amines) is 1. The molecule has 5 rings (SSSR count). The molecule has 6 heteroatoms. The van der Waals surface area contributed by atoms with Gasteiger partial charge < -0.3 is 10.6 Å². The van der Waals surface area contributed by atoms with E-state index in [2.05, 4.69) is 39.8 Å². The van der Waals surface area contributed by atoms with Gasteiger partial charge in [-0.1, -0.05) is 48.9 Å². The minimum atomic E-state index is -0.142. The summed E-state index contributed by atoms with van der Waals surface area (Å²) in [5.41, 5.74) is 2.75. The normalized spacial score (nSPS) is 26.5. The van der Waals surface area contributed by atoms with Gasteiger partial charge in [0.2, 0.25) is 11.8 Å². The van der Waals surface area contributed by atoms with Crippen LogP contribution in [0.3, 0.4) is 0 Å². The molecule has 0 radical (unpaired) electrons. The molecule has 2 fully saturated rings. The number of hydrogen-bond donors (Lipinski definition) is 2. The Balaban J connectivity index is 1.43. The lowest BCUT2D eigenvalue weighted by atomic mass is 10.0. The lowest BCUT2D eigenvalue weighted by Gasteiger charge is -2.34. The highest BCUT2D eigenvalue weighted by atomic mass is 16.2. The number of amides is 2. The van der Waals surface area contributed by atoms with Gasteiger partial charge in [0.1, 0.15) is 6.54 Å². The summed E-state index contributed by atoms with van der Waals surface area (Å²) in [4.78, 5) is 29.7. The Bertz CT molecular complexity index is 932. The van der Waals surface area contributed by atoms with Crippen LogP contribution >= 0.6 is 0 Å². The zero-order chi connectivity index (χ0) is 20.5. The summed E-state index contributed by atoms with van der Waals surface area (Å²) in [6.07, 6.45) is 4.48. The minimum Gasteiger partial charge on any atom is -0.323 e. The van der Waals surface area contributed by atoms with Crippen LogP contribution < -0.4 is 15.5 Å². The zero-order valence-corrected chi connectivity index (χ0v) is 17.1. The fourth-order valence-electron chi connectivity index (χ4n) is 5.28. The smallest absolute Gasteiger partial charge is 0.244 e. The van der Waals surface area contributed by atoms with Crippen molar-refractivity contribution < 1.29 is 9.59 Å². The first kappa shape index (κ1) is 19.3. The van der Waals surface area contributed by atoms with Crippen molar-refractivity contribution >= 4 is 23.2 Å². The van der Waals surface area contributed by atoms with Crippen molar-refractivity contribution in [2.75, 3.05) is 29.9 Å². The fourth-order valence-corrected chi connectivity index (χ4v) is 5.28. The summed E-state index contributed by atoms with van der Waals surface area (Å²) in [5.74, 6) is -0.153. The summed E-state index contributed by atoms with van der Waals surface area (Å²) in [5, 5.41) is 6.59. The maximum Gasteiger partial charge on any atom is 0.244 e. The second-order valence-corrected chi connectivity index (χ2v) is 8.50. The molecule has 156 valence electrons. The average molecular weight is 405 g/mol. The molecule has 2 N–H and O–H groups in total. The van der Waals surface area contributed by atoms with E-state index in [1.54, 1.807) is 4.90 Å². The molecular weight excluding hydrogens is 376 g/mol. The van der Waals surface area contributed by atoms with E-state index in [4.69, 9.17) is 0 Å². The Morgan fingerprint density at radius 3 is 2.70 bits per heavy atom. The third-order valence-electron chi connectivity index (χ3n) is 6.68. The van der Waals surface area contributed by atoms with Gasteiger partial charge in [0, 0.05) is 18.1 Å². The van der Waals surface area contributed by atoms with Gasteiger partial charge in [0.15, 0.2) is 0 Å². The molecule has 2 amide bonds. The van der Waals surface area contributed by atoms with Gasteiger partial charge in [0.25, 0.3) is 0 Å². The molecule has 0 saturated carbocycles. The van der Waals surface area contributed by atoms with Crippen molar-refractivity contribution in [1.82, 2.24) is 10.2 Å². The zero-order valence-electron chi connectivity index (χ0n) is 17.1. The Morgan fingerprint density at radius 2 is 1.83 bits per heavy atom. The number of hydrogen-bond acceptors (Lipinski definition) is 4. The minimum absolute atomic E-state index is 0.0110. The fraction of sp³-hybridized carbons (Fsp3) is 0.417. The summed E-state index contributed by atoms with van der Waals surface area (Å²) in [6, 6.07) is 19.0. The number of nitrogens with one attached hydrogen (secondary N) is 2. The van der Waals surface area contributed by atoms with Gasteiger partial charge in [0.05, 0.1) is 17.9 Å². The number of carbonyl (C=O) groups is 2. The highest BCUT2D eigenvalue weighted by Crippen LogP contribution is 2.39. The van der Waals surface area contributed by atoms with Crippen molar-refractivity contribution in [3.8, 4) is 0 Å². The highest BCUT2D eigenvalue weighted by Gasteiger charge is 2.43. The van der Waals surface area contributed by atoms with Gasteiger partial charge in [-0.15, -0.1) is 0 Å². The number of carbonyl (C=O) groups excluding carboxylic acids is 2. The van der Waals surface area contributed by atoms with Crippen LogP contribution in [0, 0.1) is 0 Å². The Morgan fingerprint density at radius 1 is 1.03 bits per heavy atom. The molecule has 3 aliphatic rings. The van der Waals surface area contributed by atoms with Crippen LogP contribution in [0.5, 0.6) is 0 Å². The summed E-state index contributed by atoms with van der Waals surface area (Å²) in [6.45, 7) is 1.44. The Hall–Kier alpha value is -2.70. The van der Waals surface area contributed by atoms with E-state index < -0.39 is 0 Å². The number of benzene rings is 2. The molecule has 0 spiro atoms. The molecule has 2 aromatic rings. The Kier molecular flexibility index (Phi) is 5.27. The van der Waals surface area contributed by atoms with Crippen LogP contribution in [0.15, 0.2) is 54.6 Å². The van der Waals surface area contributed by atoms with Crippen molar-refractivity contribution in [3.63, 3.8) is 0 Å². The van der Waals surface area contributed by atoms with Crippen LogP contribution in [0.25, 0.3) is 0 Å². The van der Waals surface area contributed by atoms with Gasteiger partial charge >= 0.3 is 0 Å². The van der Waals surface area contributed by atoms with Crippen molar-refractivity contribution in [2.24, 2.45) is 0 Å². The lowest BCUT2D eigenvalue weighted by molar-refractivity contribution is -0.123. The van der Waals surface area contributed by atoms with E-state index in [1.807, 2.05) is 30.3 Å². The van der Waals surface area contributed by atoms with E-state index >= 15 is 0 Å². The van der Waals surface area contributed by atoms with Gasteiger partial charge in [-0.2, -0.15) is 0 Å². The molecule has 2 aromatic carbocycles. The second kappa shape index (κ2) is 8.20. The molecule has 30 heavy (non-hydrogen) atoms. The first-order valence-electron chi connectivity index (χ1n) is 10.9. The second-order valence-electron chi connectivity index (χ2n) is 8.50. The number of fused-ring (bicyclic) bond motifs is 2. The summed E-state index contributed by atoms with van der Waals surface area (Å²) in [7, 11) is 0. The molecule has 3 aliphatic heterocycles. The number of nitrogens with zero attached hydrogens (tertiary/aromatic N) is 2. The SMILES string of the molecule is O=C1CN(C(=O)CN2[C@H](c3ccccc3)C[C@H]3NCCCC[C@@H]32)c2ccccc2N1. The lowest BCUT2D eigenvalue weighted by Crippen LogP contribution is -2.49. The topological polar surface area (TPSA) is 64.7 Å². The molecule has 0 unspecified atom stereocenters. The quantitative estimate of drug-likeness (QED) is 0.826. The average Bonchev–Trinajstić information content (AvgIpc) is 2.94.